The number of nitrogens with zero attached hydrogens (tertiary/aromatic N) is 7. The molecule has 0 aliphatic carbocycles. The Hall–Kier alpha value is -3.90. The summed E-state index contributed by atoms with van der Waals surface area (Å²) in [5, 5.41) is 19.1. The molecular formula is C24H28N8O4. The Morgan fingerprint density at radius 2 is 1.97 bits per heavy atom. The average Bonchev–Trinajstić information content (AvgIpc) is 3.48. The standard InChI is InChI=1S/C24H28N8O4/c1-15-11-19(30-36-15)21-27-26-20-12-18(24(2,3)4)23(29-32(20)21)35-14-17-6-5-16(13-25-17)22(33)28-31-7-9-34-10-8-31/h5-6,11-13H,7-10,14H2,1-4H3,(H,28,33). The molecule has 1 N–H and O–H groups in total. The zero-order valence-electron chi connectivity index (χ0n) is 20.7. The van der Waals surface area contributed by atoms with E-state index < -0.39 is 0 Å². The molecule has 0 aromatic carbocycles. The second kappa shape index (κ2) is 9.63. The van der Waals surface area contributed by atoms with Crippen LogP contribution in [0.15, 0.2) is 35.0 Å². The molecule has 36 heavy (non-hydrogen) atoms. The van der Waals surface area contributed by atoms with E-state index in [9.17, 15) is 4.79 Å². The first-order valence-corrected chi connectivity index (χ1v) is 11.7. The van der Waals surface area contributed by atoms with Gasteiger partial charge in [0.1, 0.15) is 12.4 Å². The predicted octanol–water partition coefficient (Wildman–Crippen LogP) is 2.34. The maximum absolute atomic E-state index is 12.5. The number of aryl methyl sites for hydroxylation is 1. The van der Waals surface area contributed by atoms with Crippen LogP contribution in [0.5, 0.6) is 5.88 Å². The number of carbonyl (C=O) groups is 1. The molecule has 12 nitrogen and oxygen atoms in total. The van der Waals surface area contributed by atoms with Crippen molar-refractivity contribution in [3.05, 3.63) is 53.0 Å². The number of morpholine rings is 1. The number of fused-ring (bicyclic) bond motifs is 1. The fraction of sp³-hybridized carbons (Fsp3) is 0.417. The third kappa shape index (κ3) is 5.04. The average molecular weight is 493 g/mol. The molecule has 1 aliphatic heterocycles. The Morgan fingerprint density at radius 1 is 1.17 bits per heavy atom. The number of rotatable bonds is 6. The van der Waals surface area contributed by atoms with E-state index in [1.54, 1.807) is 28.9 Å². The van der Waals surface area contributed by atoms with Gasteiger partial charge in [0.05, 0.1) is 24.5 Å². The Kier molecular flexibility index (Phi) is 6.37. The number of hydrogen-bond acceptors (Lipinski definition) is 10. The molecule has 12 heteroatoms. The number of amides is 1. The Bertz CT molecular complexity index is 1370. The summed E-state index contributed by atoms with van der Waals surface area (Å²) < 4.78 is 18.2. The van der Waals surface area contributed by atoms with Gasteiger partial charge in [-0.25, -0.2) is 5.01 Å². The zero-order valence-corrected chi connectivity index (χ0v) is 20.7. The van der Waals surface area contributed by atoms with E-state index in [1.807, 2.05) is 18.0 Å². The SMILES string of the molecule is Cc1cc(-c2nnc3cc(C(C)(C)C)c(OCc4ccc(C(=O)NN5CCOCC5)cn4)nn23)no1. The summed E-state index contributed by atoms with van der Waals surface area (Å²) in [7, 11) is 0. The molecule has 4 aromatic heterocycles. The van der Waals surface area contributed by atoms with Gasteiger partial charge in [0.15, 0.2) is 11.3 Å². The third-order valence-corrected chi connectivity index (χ3v) is 5.74. The van der Waals surface area contributed by atoms with Crippen LogP contribution in [-0.2, 0) is 16.8 Å². The first-order valence-electron chi connectivity index (χ1n) is 11.7. The van der Waals surface area contributed by atoms with Crippen molar-refractivity contribution in [2.75, 3.05) is 26.3 Å². The largest absolute Gasteiger partial charge is 0.470 e. The molecule has 1 aliphatic rings. The molecule has 5 heterocycles. The second-order valence-electron chi connectivity index (χ2n) is 9.60. The van der Waals surface area contributed by atoms with Gasteiger partial charge < -0.3 is 14.0 Å². The van der Waals surface area contributed by atoms with Crippen molar-refractivity contribution in [1.82, 2.24) is 40.4 Å². The van der Waals surface area contributed by atoms with E-state index in [2.05, 4.69) is 46.5 Å². The van der Waals surface area contributed by atoms with E-state index in [0.717, 1.165) is 5.56 Å². The Labute approximate surface area is 207 Å². The minimum Gasteiger partial charge on any atom is -0.470 e. The fourth-order valence-corrected chi connectivity index (χ4v) is 3.76. The van der Waals surface area contributed by atoms with Gasteiger partial charge in [-0.1, -0.05) is 25.9 Å². The van der Waals surface area contributed by atoms with Crippen LogP contribution < -0.4 is 10.2 Å². The highest BCUT2D eigenvalue weighted by atomic mass is 16.5. The number of aromatic nitrogens is 6. The molecule has 0 radical (unpaired) electrons. The first kappa shape index (κ1) is 23.8. The van der Waals surface area contributed by atoms with E-state index in [-0.39, 0.29) is 17.9 Å². The lowest BCUT2D eigenvalue weighted by molar-refractivity contribution is 0.0126. The van der Waals surface area contributed by atoms with Crippen LogP contribution in [0.2, 0.25) is 0 Å². The van der Waals surface area contributed by atoms with Crippen LogP contribution in [0.4, 0.5) is 0 Å². The maximum atomic E-state index is 12.5. The van der Waals surface area contributed by atoms with Crippen LogP contribution in [0.25, 0.3) is 17.2 Å². The zero-order chi connectivity index (χ0) is 25.3. The molecule has 0 atom stereocenters. The van der Waals surface area contributed by atoms with Gasteiger partial charge in [-0.3, -0.25) is 15.2 Å². The molecule has 5 rings (SSSR count). The lowest BCUT2D eigenvalue weighted by Gasteiger charge is -2.26. The minimum atomic E-state index is -0.254. The number of hydrazine groups is 1. The van der Waals surface area contributed by atoms with Gasteiger partial charge in [-0.15, -0.1) is 15.3 Å². The second-order valence-corrected chi connectivity index (χ2v) is 9.60. The lowest BCUT2D eigenvalue weighted by atomic mass is 9.88. The Morgan fingerprint density at radius 3 is 2.64 bits per heavy atom. The molecule has 1 fully saturated rings. The summed E-state index contributed by atoms with van der Waals surface area (Å²) in [4.78, 5) is 16.9. The molecule has 0 saturated carbocycles. The number of hydrogen-bond donors (Lipinski definition) is 1. The molecule has 4 aromatic rings. The summed E-state index contributed by atoms with van der Waals surface area (Å²) >= 11 is 0. The van der Waals surface area contributed by atoms with Crippen molar-refractivity contribution in [2.45, 2.75) is 39.7 Å². The quantitative estimate of drug-likeness (QED) is 0.427. The van der Waals surface area contributed by atoms with Gasteiger partial charge in [-0.05, 0) is 30.5 Å². The highest BCUT2D eigenvalue weighted by Crippen LogP contribution is 2.32. The summed E-state index contributed by atoms with van der Waals surface area (Å²) in [6.45, 7) is 10.7. The maximum Gasteiger partial charge on any atom is 0.267 e. The molecule has 0 spiro atoms. The van der Waals surface area contributed by atoms with Crippen molar-refractivity contribution in [1.29, 1.82) is 0 Å². The molecule has 1 saturated heterocycles. The van der Waals surface area contributed by atoms with Crippen molar-refractivity contribution in [2.24, 2.45) is 0 Å². The van der Waals surface area contributed by atoms with Crippen molar-refractivity contribution >= 4 is 11.6 Å². The summed E-state index contributed by atoms with van der Waals surface area (Å²) in [6.07, 6.45) is 1.54. The number of nitrogens with one attached hydrogen (secondary N) is 1. The normalized spacial score (nSPS) is 14.8. The number of carbonyl (C=O) groups excluding carboxylic acids is 1. The van der Waals surface area contributed by atoms with Crippen molar-refractivity contribution < 1.29 is 18.8 Å². The van der Waals surface area contributed by atoms with E-state index in [1.165, 1.54) is 0 Å². The van der Waals surface area contributed by atoms with E-state index >= 15 is 0 Å². The van der Waals surface area contributed by atoms with E-state index in [0.29, 0.717) is 66.4 Å². The van der Waals surface area contributed by atoms with Gasteiger partial charge in [0.25, 0.3) is 5.91 Å². The number of ether oxygens (including phenoxy) is 2. The van der Waals surface area contributed by atoms with E-state index in [4.69, 9.17) is 19.1 Å². The predicted molar refractivity (Wildman–Crippen MR) is 128 cm³/mol. The third-order valence-electron chi connectivity index (χ3n) is 5.74. The summed E-state index contributed by atoms with van der Waals surface area (Å²) in [5.41, 5.74) is 5.75. The molecule has 188 valence electrons. The summed E-state index contributed by atoms with van der Waals surface area (Å²) in [6, 6.07) is 7.19. The van der Waals surface area contributed by atoms with Gasteiger partial charge >= 0.3 is 0 Å². The van der Waals surface area contributed by atoms with Gasteiger partial charge in [0.2, 0.25) is 11.7 Å². The van der Waals surface area contributed by atoms with Crippen LogP contribution in [-0.4, -0.2) is 67.2 Å². The van der Waals surface area contributed by atoms with Crippen molar-refractivity contribution in [3.8, 4) is 17.4 Å². The van der Waals surface area contributed by atoms with Crippen molar-refractivity contribution in [3.63, 3.8) is 0 Å². The first-order chi connectivity index (χ1) is 17.3. The fourth-order valence-electron chi connectivity index (χ4n) is 3.76. The van der Waals surface area contributed by atoms with Gasteiger partial charge in [-0.2, -0.15) is 4.52 Å². The Balaban J connectivity index is 1.35. The minimum absolute atomic E-state index is 0.174. The molecule has 1 amide bonds. The van der Waals surface area contributed by atoms with Crippen LogP contribution >= 0.6 is 0 Å². The monoisotopic (exact) mass is 492 g/mol. The topological polar surface area (TPSA) is 133 Å². The lowest BCUT2D eigenvalue weighted by Crippen LogP contribution is -2.48. The molecule has 0 unspecified atom stereocenters. The van der Waals surface area contributed by atoms with Crippen LogP contribution in [0.3, 0.4) is 0 Å². The smallest absolute Gasteiger partial charge is 0.267 e. The molecular weight excluding hydrogens is 464 g/mol. The number of pyridine rings is 1. The van der Waals surface area contributed by atoms with Crippen LogP contribution in [0, 0.1) is 6.92 Å². The summed E-state index contributed by atoms with van der Waals surface area (Å²) in [5.74, 6) is 1.35. The highest BCUT2D eigenvalue weighted by Gasteiger charge is 2.24. The van der Waals surface area contributed by atoms with Crippen LogP contribution in [0.1, 0.15) is 48.1 Å². The molecule has 0 bridgehead atoms. The van der Waals surface area contributed by atoms with Gasteiger partial charge in [0, 0.05) is 30.9 Å². The highest BCUT2D eigenvalue weighted by molar-refractivity contribution is 5.93.